The number of benzene rings is 1. The lowest BCUT2D eigenvalue weighted by molar-refractivity contribution is -0.119. The van der Waals surface area contributed by atoms with E-state index in [1.165, 1.54) is 0 Å². The molecule has 0 saturated carbocycles. The molecule has 0 bridgehead atoms. The van der Waals surface area contributed by atoms with E-state index < -0.39 is 0 Å². The monoisotopic (exact) mass is 441 g/mol. The number of rotatable bonds is 3. The number of carbonyl (C=O) groups is 2. The van der Waals surface area contributed by atoms with Gasteiger partial charge in [0, 0.05) is 36.6 Å². The van der Waals surface area contributed by atoms with Crippen LogP contribution in [-0.2, 0) is 16.8 Å². The number of halogens is 1. The summed E-state index contributed by atoms with van der Waals surface area (Å²) in [6.07, 6.45) is 3.56. The Labute approximate surface area is 190 Å². The first-order valence-electron chi connectivity index (χ1n) is 10.9. The summed E-state index contributed by atoms with van der Waals surface area (Å²) < 4.78 is 0. The average molecular weight is 442 g/mol. The van der Waals surface area contributed by atoms with Gasteiger partial charge in [-0.3, -0.25) is 9.59 Å². The number of fused-ring (bicyclic) bond motifs is 1. The summed E-state index contributed by atoms with van der Waals surface area (Å²) in [6.45, 7) is 11.4. The Kier molecular flexibility index (Phi) is 7.05. The summed E-state index contributed by atoms with van der Waals surface area (Å²) in [5, 5.41) is 4.23. The predicted molar refractivity (Wildman–Crippen MR) is 126 cm³/mol. The van der Waals surface area contributed by atoms with Crippen LogP contribution in [0.1, 0.15) is 62.5 Å². The van der Waals surface area contributed by atoms with E-state index >= 15 is 0 Å². The highest BCUT2D eigenvalue weighted by Gasteiger charge is 2.35. The molecule has 1 aromatic carbocycles. The zero-order valence-electron chi connectivity index (χ0n) is 19.0. The van der Waals surface area contributed by atoms with Crippen LogP contribution in [0.3, 0.4) is 0 Å². The summed E-state index contributed by atoms with van der Waals surface area (Å²) in [7, 11) is 0. The van der Waals surface area contributed by atoms with Gasteiger partial charge >= 0.3 is 0 Å². The molecule has 31 heavy (non-hydrogen) atoms. The van der Waals surface area contributed by atoms with Crippen LogP contribution < -0.4 is 5.32 Å². The molecular formula is C25H32ClN3O2. The molecule has 2 aliphatic heterocycles. The van der Waals surface area contributed by atoms with Gasteiger partial charge in [-0.2, -0.15) is 0 Å². The largest absolute Gasteiger partial charge is 0.360 e. The maximum absolute atomic E-state index is 12.7. The first kappa shape index (κ1) is 23.3. The van der Waals surface area contributed by atoms with Crippen LogP contribution in [0.4, 0.5) is 5.82 Å². The zero-order chi connectivity index (χ0) is 22.8. The van der Waals surface area contributed by atoms with Crippen molar-refractivity contribution in [3.8, 4) is 0 Å². The molecule has 3 heterocycles. The summed E-state index contributed by atoms with van der Waals surface area (Å²) in [4.78, 5) is 29.3. The van der Waals surface area contributed by atoms with Gasteiger partial charge in [-0.05, 0) is 55.5 Å². The van der Waals surface area contributed by atoms with Crippen molar-refractivity contribution >= 4 is 29.1 Å². The standard InChI is InChI=1S/C20H22ClN3O.C5H10O/c1-13-6-7-24(12-13)19(25)15-8-14-10-20(2,23-18(14)22-11-15)16-4-3-5-17(21)9-16;1-4(2)5(3)6/h3-5,8-9,11,13H,6-7,10,12H2,1-2H3,(H,22,23);4H,1-3H3/t13-,20?;/m0./s1. The molecule has 1 unspecified atom stereocenters. The highest BCUT2D eigenvalue weighted by molar-refractivity contribution is 6.30. The van der Waals surface area contributed by atoms with Crippen LogP contribution >= 0.6 is 11.6 Å². The van der Waals surface area contributed by atoms with E-state index in [1.807, 2.05) is 43.0 Å². The van der Waals surface area contributed by atoms with Crippen molar-refractivity contribution in [3.63, 3.8) is 0 Å². The number of carbonyl (C=O) groups excluding carboxylic acids is 2. The molecular weight excluding hydrogens is 410 g/mol. The lowest BCUT2D eigenvalue weighted by Gasteiger charge is -2.25. The third kappa shape index (κ3) is 5.45. The minimum absolute atomic E-state index is 0.0935. The Morgan fingerprint density at radius 2 is 2.00 bits per heavy atom. The molecule has 0 aliphatic carbocycles. The van der Waals surface area contributed by atoms with E-state index in [1.54, 1.807) is 13.1 Å². The summed E-state index contributed by atoms with van der Waals surface area (Å²) in [5.74, 6) is 2.00. The van der Waals surface area contributed by atoms with Gasteiger partial charge in [0.15, 0.2) is 0 Å². The SMILES string of the molecule is CC(=O)C(C)C.C[C@H]1CCN(C(=O)c2cnc3c(c2)CC(C)(c2cccc(Cl)c2)N3)C1. The van der Waals surface area contributed by atoms with Gasteiger partial charge in [0.1, 0.15) is 11.6 Å². The third-order valence-electron chi connectivity index (χ3n) is 6.14. The molecule has 1 aromatic heterocycles. The smallest absolute Gasteiger partial charge is 0.255 e. The quantitative estimate of drug-likeness (QED) is 0.699. The third-order valence-corrected chi connectivity index (χ3v) is 6.37. The Bertz CT molecular complexity index is 975. The van der Waals surface area contributed by atoms with Gasteiger partial charge in [0.2, 0.25) is 0 Å². The fraction of sp³-hybridized carbons (Fsp3) is 0.480. The molecule has 0 radical (unpaired) electrons. The second-order valence-electron chi connectivity index (χ2n) is 9.29. The minimum atomic E-state index is -0.260. The van der Waals surface area contributed by atoms with Gasteiger partial charge in [0.05, 0.1) is 11.1 Å². The van der Waals surface area contributed by atoms with Crippen molar-refractivity contribution in [2.75, 3.05) is 18.4 Å². The summed E-state index contributed by atoms with van der Waals surface area (Å²) in [6, 6.07) is 9.89. The average Bonchev–Trinajstić information content (AvgIpc) is 3.30. The van der Waals surface area contributed by atoms with Crippen molar-refractivity contribution in [2.45, 2.75) is 53.0 Å². The van der Waals surface area contributed by atoms with Crippen LogP contribution in [0, 0.1) is 11.8 Å². The van der Waals surface area contributed by atoms with Crippen LogP contribution in [0.2, 0.25) is 5.02 Å². The van der Waals surface area contributed by atoms with E-state index in [9.17, 15) is 9.59 Å². The zero-order valence-corrected chi connectivity index (χ0v) is 19.8. The van der Waals surface area contributed by atoms with Gasteiger partial charge in [0.25, 0.3) is 5.91 Å². The first-order valence-corrected chi connectivity index (χ1v) is 11.3. The maximum Gasteiger partial charge on any atom is 0.255 e. The number of nitrogens with one attached hydrogen (secondary N) is 1. The van der Waals surface area contributed by atoms with Crippen molar-refractivity contribution in [2.24, 2.45) is 11.8 Å². The fourth-order valence-corrected chi connectivity index (χ4v) is 4.06. The topological polar surface area (TPSA) is 62.3 Å². The Hall–Kier alpha value is -2.40. The minimum Gasteiger partial charge on any atom is -0.360 e. The summed E-state index contributed by atoms with van der Waals surface area (Å²) >= 11 is 6.15. The first-order chi connectivity index (χ1) is 14.6. The molecule has 1 saturated heterocycles. The molecule has 4 rings (SSSR count). The van der Waals surface area contributed by atoms with Crippen LogP contribution in [0.15, 0.2) is 36.5 Å². The van der Waals surface area contributed by atoms with Crippen molar-refractivity contribution < 1.29 is 9.59 Å². The van der Waals surface area contributed by atoms with E-state index in [-0.39, 0.29) is 23.1 Å². The number of Topliss-reactive ketones (excluding diaryl/α,β-unsaturated/α-hetero) is 1. The number of nitrogens with zero attached hydrogens (tertiary/aromatic N) is 2. The Balaban J connectivity index is 0.000000401. The maximum atomic E-state index is 12.7. The molecule has 6 heteroatoms. The summed E-state index contributed by atoms with van der Waals surface area (Å²) in [5.41, 5.74) is 2.63. The highest BCUT2D eigenvalue weighted by atomic mass is 35.5. The number of anilines is 1. The number of hydrogen-bond acceptors (Lipinski definition) is 4. The second kappa shape index (κ2) is 9.39. The lowest BCUT2D eigenvalue weighted by Crippen LogP contribution is -2.29. The normalized spacial score (nSPS) is 21.9. The van der Waals surface area contributed by atoms with Crippen LogP contribution in [0.5, 0.6) is 0 Å². The van der Waals surface area contributed by atoms with E-state index in [4.69, 9.17) is 11.6 Å². The van der Waals surface area contributed by atoms with Gasteiger partial charge in [-0.25, -0.2) is 4.98 Å². The Morgan fingerprint density at radius 1 is 1.29 bits per heavy atom. The molecule has 1 fully saturated rings. The lowest BCUT2D eigenvalue weighted by atomic mass is 9.89. The molecule has 1 amide bonds. The molecule has 2 aliphatic rings. The number of ketones is 1. The fourth-order valence-electron chi connectivity index (χ4n) is 3.87. The Morgan fingerprint density at radius 3 is 2.58 bits per heavy atom. The number of pyridine rings is 1. The number of hydrogen-bond donors (Lipinski definition) is 1. The van der Waals surface area contributed by atoms with Crippen molar-refractivity contribution in [1.82, 2.24) is 9.88 Å². The second-order valence-corrected chi connectivity index (χ2v) is 9.72. The van der Waals surface area contributed by atoms with Gasteiger partial charge in [-0.1, -0.05) is 44.5 Å². The van der Waals surface area contributed by atoms with E-state index in [0.717, 1.165) is 47.9 Å². The van der Waals surface area contributed by atoms with Crippen molar-refractivity contribution in [1.29, 1.82) is 0 Å². The van der Waals surface area contributed by atoms with Crippen molar-refractivity contribution in [3.05, 3.63) is 58.2 Å². The van der Waals surface area contributed by atoms with Gasteiger partial charge < -0.3 is 10.2 Å². The molecule has 0 spiro atoms. The number of amides is 1. The molecule has 5 nitrogen and oxygen atoms in total. The van der Waals surface area contributed by atoms with Gasteiger partial charge in [-0.15, -0.1) is 0 Å². The molecule has 2 aromatic rings. The predicted octanol–water partition coefficient (Wildman–Crippen LogP) is 5.33. The molecule has 2 atom stereocenters. The van der Waals surface area contributed by atoms with Crippen LogP contribution in [-0.4, -0.2) is 34.7 Å². The molecule has 166 valence electrons. The highest BCUT2D eigenvalue weighted by Crippen LogP contribution is 2.39. The van der Waals surface area contributed by atoms with E-state index in [2.05, 4.69) is 30.2 Å². The van der Waals surface area contributed by atoms with Crippen LogP contribution in [0.25, 0.3) is 0 Å². The molecule has 1 N–H and O–H groups in total. The number of likely N-dealkylation sites (tertiary alicyclic amines) is 1. The number of aromatic nitrogens is 1. The van der Waals surface area contributed by atoms with E-state index in [0.29, 0.717) is 11.5 Å².